The Balaban J connectivity index is 2.16. The predicted molar refractivity (Wildman–Crippen MR) is 78.3 cm³/mol. The lowest BCUT2D eigenvalue weighted by molar-refractivity contribution is 0.284. The molecule has 2 N–H and O–H groups in total. The van der Waals surface area contributed by atoms with Crippen molar-refractivity contribution in [2.24, 2.45) is 0 Å². The Bertz CT molecular complexity index is 631. The lowest BCUT2D eigenvalue weighted by Gasteiger charge is -2.12. The first-order chi connectivity index (χ1) is 9.99. The van der Waals surface area contributed by atoms with E-state index in [0.717, 1.165) is 11.6 Å². The Morgan fingerprint density at radius 3 is 2.52 bits per heavy atom. The van der Waals surface area contributed by atoms with Gasteiger partial charge in [0.1, 0.15) is 12.4 Å². The zero-order chi connectivity index (χ0) is 15.4. The lowest BCUT2D eigenvalue weighted by Crippen LogP contribution is -2.30. The summed E-state index contributed by atoms with van der Waals surface area (Å²) in [5.74, 6) is 0.586. The second kappa shape index (κ2) is 6.60. The van der Waals surface area contributed by atoms with Gasteiger partial charge in [0.15, 0.2) is 11.5 Å². The molecule has 2 aromatic carbocycles. The summed E-state index contributed by atoms with van der Waals surface area (Å²) >= 11 is 0. The maximum atomic E-state index is 13.4. The van der Waals surface area contributed by atoms with Crippen LogP contribution in [0.1, 0.15) is 11.1 Å². The Kier molecular flexibility index (Phi) is 4.83. The molecule has 0 aliphatic rings. The summed E-state index contributed by atoms with van der Waals surface area (Å²) in [6, 6.07) is 9.33. The van der Waals surface area contributed by atoms with Crippen molar-refractivity contribution >= 4 is 12.6 Å². The maximum Gasteiger partial charge on any atom is 0.488 e. The minimum Gasteiger partial charge on any atom is -0.493 e. The van der Waals surface area contributed by atoms with Gasteiger partial charge < -0.3 is 19.5 Å². The van der Waals surface area contributed by atoms with Crippen LogP contribution < -0.4 is 14.9 Å². The van der Waals surface area contributed by atoms with Crippen molar-refractivity contribution in [2.45, 2.75) is 13.5 Å². The first-order valence-corrected chi connectivity index (χ1v) is 6.42. The van der Waals surface area contributed by atoms with Crippen LogP contribution in [0.15, 0.2) is 36.4 Å². The van der Waals surface area contributed by atoms with Gasteiger partial charge in [-0.15, -0.1) is 0 Å². The van der Waals surface area contributed by atoms with Crippen LogP contribution in [-0.2, 0) is 6.61 Å². The van der Waals surface area contributed by atoms with Gasteiger partial charge in [-0.1, -0.05) is 12.1 Å². The third-order valence-electron chi connectivity index (χ3n) is 2.99. The van der Waals surface area contributed by atoms with E-state index in [1.165, 1.54) is 12.1 Å². The summed E-state index contributed by atoms with van der Waals surface area (Å²) in [4.78, 5) is 0. The van der Waals surface area contributed by atoms with E-state index in [0.29, 0.717) is 17.1 Å². The maximum absolute atomic E-state index is 13.4. The first kappa shape index (κ1) is 15.3. The molecule has 0 spiro atoms. The molecule has 0 aliphatic carbocycles. The molecule has 4 nitrogen and oxygen atoms in total. The van der Waals surface area contributed by atoms with Crippen molar-refractivity contribution in [3.63, 3.8) is 0 Å². The van der Waals surface area contributed by atoms with Crippen LogP contribution in [0.3, 0.4) is 0 Å². The van der Waals surface area contributed by atoms with E-state index in [1.54, 1.807) is 13.2 Å². The normalized spacial score (nSPS) is 10.3. The van der Waals surface area contributed by atoms with Crippen molar-refractivity contribution in [1.82, 2.24) is 0 Å². The summed E-state index contributed by atoms with van der Waals surface area (Å²) in [6.07, 6.45) is 0. The molecule has 21 heavy (non-hydrogen) atoms. The molecular formula is C15H16BFO4. The highest BCUT2D eigenvalue weighted by atomic mass is 19.1. The minimum atomic E-state index is -1.71. The number of aryl methyl sites for hydroxylation is 1. The molecule has 0 aliphatic heterocycles. The number of benzene rings is 2. The molecule has 2 aromatic rings. The average molecular weight is 290 g/mol. The fourth-order valence-electron chi connectivity index (χ4n) is 1.96. The Morgan fingerprint density at radius 1 is 1.10 bits per heavy atom. The molecule has 0 saturated carbocycles. The van der Waals surface area contributed by atoms with Crippen LogP contribution in [0.2, 0.25) is 0 Å². The molecule has 0 heterocycles. The van der Waals surface area contributed by atoms with E-state index < -0.39 is 12.9 Å². The van der Waals surface area contributed by atoms with E-state index >= 15 is 0 Å². The zero-order valence-electron chi connectivity index (χ0n) is 11.8. The van der Waals surface area contributed by atoms with Gasteiger partial charge in [0.05, 0.1) is 7.11 Å². The fraction of sp³-hybridized carbons (Fsp3) is 0.200. The summed E-state index contributed by atoms with van der Waals surface area (Å²) in [6.45, 7) is 2.03. The SMILES string of the molecule is COc1cc(C)ccc1OCc1cc(F)cc(B(O)O)c1. The summed E-state index contributed by atoms with van der Waals surface area (Å²) in [5, 5.41) is 18.2. The highest BCUT2D eigenvalue weighted by molar-refractivity contribution is 6.58. The number of rotatable bonds is 5. The van der Waals surface area contributed by atoms with Crippen LogP contribution in [0.4, 0.5) is 4.39 Å². The molecule has 0 atom stereocenters. The third kappa shape index (κ3) is 3.96. The quantitative estimate of drug-likeness (QED) is 0.817. The Labute approximate surface area is 122 Å². The predicted octanol–water partition coefficient (Wildman–Crippen LogP) is 1.40. The molecule has 0 unspecified atom stereocenters. The standard InChI is InChI=1S/C15H16BFO4/c1-10-3-4-14(15(5-10)20-2)21-9-11-6-12(16(18)19)8-13(17)7-11/h3-8,18-19H,9H2,1-2H3. The van der Waals surface area contributed by atoms with Crippen LogP contribution in [0, 0.1) is 12.7 Å². The van der Waals surface area contributed by atoms with Crippen molar-refractivity contribution < 1.29 is 23.9 Å². The smallest absolute Gasteiger partial charge is 0.488 e. The van der Waals surface area contributed by atoms with Gasteiger partial charge in [-0.2, -0.15) is 0 Å². The van der Waals surface area contributed by atoms with Crippen molar-refractivity contribution in [3.8, 4) is 11.5 Å². The van der Waals surface area contributed by atoms with Gasteiger partial charge >= 0.3 is 7.12 Å². The highest BCUT2D eigenvalue weighted by Gasteiger charge is 2.13. The lowest BCUT2D eigenvalue weighted by atomic mass is 9.79. The van der Waals surface area contributed by atoms with Gasteiger partial charge in [0.25, 0.3) is 0 Å². The molecule has 2 rings (SSSR count). The molecule has 0 radical (unpaired) electrons. The van der Waals surface area contributed by atoms with E-state index in [1.807, 2.05) is 19.1 Å². The number of ether oxygens (including phenoxy) is 2. The fourth-order valence-corrected chi connectivity index (χ4v) is 1.96. The van der Waals surface area contributed by atoms with Crippen LogP contribution in [0.5, 0.6) is 11.5 Å². The molecule has 0 aromatic heterocycles. The molecule has 0 amide bonds. The largest absolute Gasteiger partial charge is 0.493 e. The molecule has 110 valence electrons. The monoisotopic (exact) mass is 290 g/mol. The Morgan fingerprint density at radius 2 is 1.86 bits per heavy atom. The zero-order valence-corrected chi connectivity index (χ0v) is 11.8. The topological polar surface area (TPSA) is 58.9 Å². The summed E-state index contributed by atoms with van der Waals surface area (Å²) < 4.78 is 24.2. The van der Waals surface area contributed by atoms with Gasteiger partial charge in [-0.3, -0.25) is 0 Å². The summed E-state index contributed by atoms with van der Waals surface area (Å²) in [5.41, 5.74) is 1.63. The van der Waals surface area contributed by atoms with Crippen molar-refractivity contribution in [2.75, 3.05) is 7.11 Å². The van der Waals surface area contributed by atoms with Crippen LogP contribution in [0.25, 0.3) is 0 Å². The summed E-state index contributed by atoms with van der Waals surface area (Å²) in [7, 11) is -0.169. The number of halogens is 1. The van der Waals surface area contributed by atoms with Crippen LogP contribution in [-0.4, -0.2) is 24.3 Å². The van der Waals surface area contributed by atoms with E-state index in [9.17, 15) is 4.39 Å². The second-order valence-electron chi connectivity index (χ2n) is 4.71. The number of hydrogen-bond donors (Lipinski definition) is 2. The minimum absolute atomic E-state index is 0.0875. The third-order valence-corrected chi connectivity index (χ3v) is 2.99. The second-order valence-corrected chi connectivity index (χ2v) is 4.71. The van der Waals surface area contributed by atoms with Crippen LogP contribution >= 0.6 is 0 Å². The van der Waals surface area contributed by atoms with Gasteiger partial charge in [0, 0.05) is 0 Å². The van der Waals surface area contributed by atoms with Crippen molar-refractivity contribution in [3.05, 3.63) is 53.3 Å². The van der Waals surface area contributed by atoms with E-state index in [2.05, 4.69) is 0 Å². The molecule has 6 heteroatoms. The molecule has 0 bridgehead atoms. The van der Waals surface area contributed by atoms with E-state index in [4.69, 9.17) is 19.5 Å². The first-order valence-electron chi connectivity index (χ1n) is 6.42. The average Bonchev–Trinajstić information content (AvgIpc) is 2.45. The van der Waals surface area contributed by atoms with Gasteiger partial charge in [-0.05, 0) is 47.8 Å². The number of hydrogen-bond acceptors (Lipinski definition) is 4. The van der Waals surface area contributed by atoms with Crippen molar-refractivity contribution in [1.29, 1.82) is 0 Å². The van der Waals surface area contributed by atoms with Gasteiger partial charge in [0.2, 0.25) is 0 Å². The number of methoxy groups -OCH3 is 1. The van der Waals surface area contributed by atoms with E-state index in [-0.39, 0.29) is 12.1 Å². The molecular weight excluding hydrogens is 274 g/mol. The van der Waals surface area contributed by atoms with Gasteiger partial charge in [-0.25, -0.2) is 4.39 Å². The highest BCUT2D eigenvalue weighted by Crippen LogP contribution is 2.28. The Hall–Kier alpha value is -2.05. The molecule has 0 fully saturated rings. The molecule has 0 saturated heterocycles.